The van der Waals surface area contributed by atoms with E-state index < -0.39 is 8.07 Å². The third-order valence-corrected chi connectivity index (χ3v) is 21.5. The highest BCUT2D eigenvalue weighted by molar-refractivity contribution is 7.19. The van der Waals surface area contributed by atoms with Gasteiger partial charge in [-0.2, -0.15) is 0 Å². The molecule has 0 saturated heterocycles. The number of thiophene rings is 2. The fourth-order valence-corrected chi connectivity index (χ4v) is 18.2. The molecule has 9 rings (SSSR count). The van der Waals surface area contributed by atoms with Crippen molar-refractivity contribution in [2.75, 3.05) is 0 Å². The first-order valence-electron chi connectivity index (χ1n) is 24.8. The molecule has 0 aliphatic carbocycles. The van der Waals surface area contributed by atoms with Crippen molar-refractivity contribution in [3.8, 4) is 65.0 Å². The van der Waals surface area contributed by atoms with Gasteiger partial charge in [-0.25, -0.2) is 9.97 Å². The maximum atomic E-state index is 5.74. The van der Waals surface area contributed by atoms with Crippen molar-refractivity contribution in [2.45, 2.75) is 131 Å². The summed E-state index contributed by atoms with van der Waals surface area (Å²) in [6.07, 6.45) is 15.0. The molecule has 1 aliphatic rings. The Morgan fingerprint density at radius 2 is 0.892 bits per heavy atom. The zero-order valence-corrected chi connectivity index (χ0v) is 42.3. The smallest absolute Gasteiger partial charge is 0.119 e. The minimum atomic E-state index is -2.00. The number of aryl methyl sites for hydroxylation is 4. The first kappa shape index (κ1) is 45.2. The van der Waals surface area contributed by atoms with Gasteiger partial charge in [0.2, 0.25) is 0 Å². The Labute approximate surface area is 398 Å². The van der Waals surface area contributed by atoms with Crippen LogP contribution in [-0.2, 0) is 12.8 Å². The van der Waals surface area contributed by atoms with Gasteiger partial charge in [0.25, 0.3) is 0 Å². The topological polar surface area (TPSA) is 25.8 Å². The van der Waals surface area contributed by atoms with Crippen molar-refractivity contribution in [3.63, 3.8) is 0 Å². The van der Waals surface area contributed by atoms with Gasteiger partial charge in [-0.3, -0.25) is 0 Å². The lowest BCUT2D eigenvalue weighted by atomic mass is 9.98. The summed E-state index contributed by atoms with van der Waals surface area (Å²) in [6.45, 7) is 13.7. The summed E-state index contributed by atoms with van der Waals surface area (Å²) < 4.78 is 0. The lowest BCUT2D eigenvalue weighted by molar-refractivity contribution is 0.684. The van der Waals surface area contributed by atoms with Crippen molar-refractivity contribution in [2.24, 2.45) is 0 Å². The average molecular weight is 907 g/mol. The highest BCUT2D eigenvalue weighted by atomic mass is 32.1. The van der Waals surface area contributed by atoms with E-state index in [2.05, 4.69) is 163 Å². The fourth-order valence-electron chi connectivity index (χ4n) is 10.5. The predicted molar refractivity (Wildman–Crippen MR) is 288 cm³/mol. The van der Waals surface area contributed by atoms with Crippen LogP contribution in [0.5, 0.6) is 0 Å². The van der Waals surface area contributed by atoms with E-state index in [-0.39, 0.29) is 0 Å². The van der Waals surface area contributed by atoms with Crippen LogP contribution in [0.2, 0.25) is 12.1 Å². The van der Waals surface area contributed by atoms with Gasteiger partial charge in [-0.1, -0.05) is 195 Å². The average Bonchev–Trinajstić information content (AvgIpc) is 4.06. The van der Waals surface area contributed by atoms with Crippen LogP contribution in [0.4, 0.5) is 0 Å². The van der Waals surface area contributed by atoms with Gasteiger partial charge in [0.15, 0.2) is 0 Å². The summed E-state index contributed by atoms with van der Waals surface area (Å²) >= 11 is 3.74. The molecule has 0 fully saturated rings. The number of rotatable bonds is 19. The first-order valence-corrected chi connectivity index (χ1v) is 28.9. The molecule has 0 bridgehead atoms. The Morgan fingerprint density at radius 3 is 1.42 bits per heavy atom. The third-order valence-electron chi connectivity index (χ3n) is 13.9. The molecule has 8 aromatic rings. The summed E-state index contributed by atoms with van der Waals surface area (Å²) in [5, 5.41) is 3.40. The van der Waals surface area contributed by atoms with E-state index in [9.17, 15) is 0 Å². The monoisotopic (exact) mass is 906 g/mol. The molecule has 0 spiro atoms. The molecule has 0 radical (unpaired) electrons. The van der Waals surface area contributed by atoms with E-state index in [1.165, 1.54) is 116 Å². The van der Waals surface area contributed by atoms with Gasteiger partial charge >= 0.3 is 0 Å². The Bertz CT molecular complexity index is 2890. The van der Waals surface area contributed by atoms with Crippen LogP contribution in [0, 0.1) is 13.8 Å². The van der Waals surface area contributed by atoms with Crippen LogP contribution in [0.15, 0.2) is 121 Å². The molecule has 65 heavy (non-hydrogen) atoms. The molecule has 4 heterocycles. The molecule has 0 N–H and O–H groups in total. The fraction of sp³-hybridized carbons (Fsp3) is 0.333. The van der Waals surface area contributed by atoms with Gasteiger partial charge in [0.1, 0.15) is 8.07 Å². The molecule has 3 aromatic heterocycles. The summed E-state index contributed by atoms with van der Waals surface area (Å²) in [4.78, 5) is 16.5. The largest absolute Gasteiger partial charge is 0.243 e. The van der Waals surface area contributed by atoms with Crippen molar-refractivity contribution in [1.82, 2.24) is 9.97 Å². The molecule has 5 aromatic carbocycles. The number of benzene rings is 5. The number of nitrogens with zero attached hydrogens (tertiary/aromatic N) is 2. The summed E-state index contributed by atoms with van der Waals surface area (Å²) in [5.41, 5.74) is 16.8. The number of unbranched alkanes of at least 4 members (excludes halogenated alkanes) is 6. The molecule has 0 atom stereocenters. The molecule has 332 valence electrons. The van der Waals surface area contributed by atoms with E-state index in [4.69, 9.17) is 9.97 Å². The van der Waals surface area contributed by atoms with E-state index in [1.807, 2.05) is 22.7 Å². The minimum absolute atomic E-state index is 0.939. The standard InChI is InChI=1S/C60H66N2S2Si/c1-7-11-13-15-37-65(38-16-14-12-8-2)55-39-41(5)19-30-48(55)49-31-29-47(40-56(49)65)52-35-36-54(64-52)51-33-32-50(53-34-20-42(6)63-53)59-60(51)62-58(46-27-23-44(18-10-4)24-28-46)57(61-59)45-25-21-43(17-9-3)22-26-45/h19-36,39-40H,7-18,37-38H2,1-6H3. The van der Waals surface area contributed by atoms with Crippen LogP contribution in [-0.4, -0.2) is 18.0 Å². The molecule has 5 heteroatoms. The minimum Gasteiger partial charge on any atom is -0.243 e. The van der Waals surface area contributed by atoms with E-state index >= 15 is 0 Å². The van der Waals surface area contributed by atoms with Crippen LogP contribution in [0.3, 0.4) is 0 Å². The maximum Gasteiger partial charge on any atom is 0.119 e. The van der Waals surface area contributed by atoms with E-state index in [0.717, 1.165) is 70.4 Å². The van der Waals surface area contributed by atoms with E-state index in [0.29, 0.717) is 0 Å². The Balaban J connectivity index is 1.18. The molecular formula is C60H66N2S2Si. The second-order valence-corrected chi connectivity index (χ2v) is 25.4. The quantitative estimate of drug-likeness (QED) is 0.0597. The number of hydrogen-bond donors (Lipinski definition) is 0. The SMILES string of the molecule is CCCCCC[Si]1(CCCCCC)c2cc(C)ccc2-c2ccc(-c3ccc(-c4ccc(-c5ccc(C)s5)c5nc(-c6ccc(CCC)cc6)c(-c6ccc(CCC)cc6)nc45)s3)cc21. The van der Waals surface area contributed by atoms with Crippen LogP contribution < -0.4 is 10.4 Å². The maximum absolute atomic E-state index is 5.74. The van der Waals surface area contributed by atoms with E-state index in [1.54, 1.807) is 10.4 Å². The number of fused-ring (bicyclic) bond motifs is 4. The molecule has 1 aliphatic heterocycles. The molecule has 0 amide bonds. The van der Waals surface area contributed by atoms with Crippen molar-refractivity contribution >= 4 is 52.2 Å². The number of hydrogen-bond acceptors (Lipinski definition) is 4. The van der Waals surface area contributed by atoms with Crippen LogP contribution in [0.1, 0.15) is 113 Å². The zero-order valence-electron chi connectivity index (χ0n) is 39.7. The van der Waals surface area contributed by atoms with Gasteiger partial charge in [0.05, 0.1) is 22.4 Å². The summed E-state index contributed by atoms with van der Waals surface area (Å²) in [6, 6.07) is 49.6. The van der Waals surface area contributed by atoms with Crippen LogP contribution >= 0.6 is 22.7 Å². The highest BCUT2D eigenvalue weighted by Gasteiger charge is 2.44. The van der Waals surface area contributed by atoms with Crippen molar-refractivity contribution < 1.29 is 0 Å². The lowest BCUT2D eigenvalue weighted by Crippen LogP contribution is -2.55. The lowest BCUT2D eigenvalue weighted by Gasteiger charge is -2.31. The van der Waals surface area contributed by atoms with Crippen molar-refractivity contribution in [1.29, 1.82) is 0 Å². The highest BCUT2D eigenvalue weighted by Crippen LogP contribution is 2.44. The Kier molecular flexibility index (Phi) is 14.1. The molecule has 0 unspecified atom stereocenters. The van der Waals surface area contributed by atoms with Gasteiger partial charge < -0.3 is 0 Å². The molecule has 2 nitrogen and oxygen atoms in total. The normalized spacial score (nSPS) is 12.8. The van der Waals surface area contributed by atoms with Gasteiger partial charge in [-0.15, -0.1) is 22.7 Å². The van der Waals surface area contributed by atoms with Gasteiger partial charge in [-0.05, 0) is 101 Å². The Hall–Kier alpha value is -4.94. The number of aromatic nitrogens is 2. The van der Waals surface area contributed by atoms with Crippen LogP contribution in [0.25, 0.3) is 76.0 Å². The second-order valence-electron chi connectivity index (χ2n) is 18.8. The summed E-state index contributed by atoms with van der Waals surface area (Å²) in [7, 11) is -2.00. The third kappa shape index (κ3) is 9.26. The second kappa shape index (κ2) is 20.3. The summed E-state index contributed by atoms with van der Waals surface area (Å²) in [5.74, 6) is 0. The first-order chi connectivity index (χ1) is 31.8. The predicted octanol–water partition coefficient (Wildman–Crippen LogP) is 17.3. The molecular weight excluding hydrogens is 841 g/mol. The molecule has 0 saturated carbocycles. The van der Waals surface area contributed by atoms with Gasteiger partial charge in [0, 0.05) is 41.8 Å². The zero-order chi connectivity index (χ0) is 44.9. The Morgan fingerprint density at radius 1 is 0.415 bits per heavy atom. The van der Waals surface area contributed by atoms with Crippen molar-refractivity contribution in [3.05, 3.63) is 143 Å².